The Morgan fingerprint density at radius 3 is 2.95 bits per heavy atom. The third kappa shape index (κ3) is 2.68. The van der Waals surface area contributed by atoms with E-state index >= 15 is 0 Å². The molecular weight excluding hydrogens is 274 g/mol. The Labute approximate surface area is 124 Å². The molecule has 0 aliphatic carbocycles. The fraction of sp³-hybridized carbons (Fsp3) is 0.533. The van der Waals surface area contributed by atoms with E-state index in [0.29, 0.717) is 24.9 Å². The van der Waals surface area contributed by atoms with Crippen molar-refractivity contribution in [1.29, 1.82) is 0 Å². The largest absolute Gasteiger partial charge is 0.337 e. The van der Waals surface area contributed by atoms with Crippen molar-refractivity contribution in [3.8, 4) is 0 Å². The summed E-state index contributed by atoms with van der Waals surface area (Å²) >= 11 is 6.32. The first kappa shape index (κ1) is 13.9. The van der Waals surface area contributed by atoms with Crippen molar-refractivity contribution < 1.29 is 4.79 Å². The molecule has 0 radical (unpaired) electrons. The van der Waals surface area contributed by atoms with E-state index in [0.717, 1.165) is 48.7 Å². The highest BCUT2D eigenvalue weighted by atomic mass is 35.5. The van der Waals surface area contributed by atoms with Gasteiger partial charge in [0.15, 0.2) is 0 Å². The monoisotopic (exact) mass is 293 g/mol. The number of halogens is 1. The number of amides is 1. The van der Waals surface area contributed by atoms with E-state index in [1.165, 1.54) is 0 Å². The molecule has 1 aromatic carbocycles. The Kier molecular flexibility index (Phi) is 3.96. The average molecular weight is 294 g/mol. The number of carbonyl (C=O) groups excluding carboxylic acids is 1. The smallest absolute Gasteiger partial charge is 0.222 e. The molecule has 108 valence electrons. The molecule has 1 aromatic rings. The topological polar surface area (TPSA) is 49.6 Å². The highest BCUT2D eigenvalue weighted by molar-refractivity contribution is 6.31. The van der Waals surface area contributed by atoms with E-state index in [2.05, 4.69) is 11.0 Å². The molecule has 5 heteroatoms. The van der Waals surface area contributed by atoms with E-state index < -0.39 is 0 Å². The summed E-state index contributed by atoms with van der Waals surface area (Å²) in [6, 6.07) is 6.46. The molecule has 1 unspecified atom stereocenters. The summed E-state index contributed by atoms with van der Waals surface area (Å²) in [6.07, 6.45) is 1.71. The maximum absolute atomic E-state index is 11.7. The summed E-state index contributed by atoms with van der Waals surface area (Å²) in [7, 11) is 0. The van der Waals surface area contributed by atoms with Gasteiger partial charge in [0.25, 0.3) is 0 Å². The first-order valence-electron chi connectivity index (χ1n) is 7.16. The van der Waals surface area contributed by atoms with E-state index in [-0.39, 0.29) is 0 Å². The number of hydrogen-bond acceptors (Lipinski definition) is 3. The van der Waals surface area contributed by atoms with Gasteiger partial charge in [-0.2, -0.15) is 0 Å². The average Bonchev–Trinajstić information content (AvgIpc) is 2.82. The quantitative estimate of drug-likeness (QED) is 0.921. The Bertz CT molecular complexity index is 520. The van der Waals surface area contributed by atoms with Gasteiger partial charge in [-0.3, -0.25) is 9.69 Å². The molecular formula is C15H20ClN3O. The number of hydrogen-bond donors (Lipinski definition) is 1. The second-order valence-electron chi connectivity index (χ2n) is 5.64. The Hall–Kier alpha value is -1.10. The van der Waals surface area contributed by atoms with Gasteiger partial charge in [0, 0.05) is 50.2 Å². The summed E-state index contributed by atoms with van der Waals surface area (Å²) in [5.41, 5.74) is 7.82. The van der Waals surface area contributed by atoms with Crippen LogP contribution in [0.3, 0.4) is 0 Å². The second kappa shape index (κ2) is 5.72. The molecule has 2 aliphatic rings. The number of piperazine rings is 1. The molecule has 1 atom stereocenters. The molecule has 3 rings (SSSR count). The van der Waals surface area contributed by atoms with Gasteiger partial charge in [0.05, 0.1) is 0 Å². The van der Waals surface area contributed by atoms with Crippen LogP contribution in [0.1, 0.15) is 24.0 Å². The summed E-state index contributed by atoms with van der Waals surface area (Å²) in [5, 5.41) is 0.790. The lowest BCUT2D eigenvalue weighted by Crippen LogP contribution is -2.50. The minimum atomic E-state index is 0.319. The van der Waals surface area contributed by atoms with Crippen molar-refractivity contribution in [2.75, 3.05) is 19.6 Å². The molecule has 2 fully saturated rings. The minimum absolute atomic E-state index is 0.319. The highest BCUT2D eigenvalue weighted by Crippen LogP contribution is 2.25. The van der Waals surface area contributed by atoms with Crippen molar-refractivity contribution in [3.63, 3.8) is 0 Å². The van der Waals surface area contributed by atoms with Crippen molar-refractivity contribution in [2.45, 2.75) is 32.0 Å². The molecule has 0 saturated carbocycles. The highest BCUT2D eigenvalue weighted by Gasteiger charge is 2.35. The zero-order chi connectivity index (χ0) is 14.1. The van der Waals surface area contributed by atoms with E-state index in [1.807, 2.05) is 17.0 Å². The van der Waals surface area contributed by atoms with Crippen LogP contribution in [-0.4, -0.2) is 41.4 Å². The van der Waals surface area contributed by atoms with Crippen LogP contribution < -0.4 is 5.73 Å². The van der Waals surface area contributed by atoms with Gasteiger partial charge in [0.2, 0.25) is 5.91 Å². The number of rotatable bonds is 3. The molecule has 0 bridgehead atoms. The van der Waals surface area contributed by atoms with Crippen molar-refractivity contribution in [1.82, 2.24) is 9.80 Å². The van der Waals surface area contributed by atoms with Crippen LogP contribution in [0, 0.1) is 0 Å². The predicted octanol–water partition coefficient (Wildman–Crippen LogP) is 1.61. The van der Waals surface area contributed by atoms with Crippen molar-refractivity contribution in [2.24, 2.45) is 5.73 Å². The lowest BCUT2D eigenvalue weighted by molar-refractivity contribution is -0.130. The van der Waals surface area contributed by atoms with Gasteiger partial charge >= 0.3 is 0 Å². The Morgan fingerprint density at radius 1 is 1.35 bits per heavy atom. The van der Waals surface area contributed by atoms with Crippen LogP contribution >= 0.6 is 11.6 Å². The number of nitrogens with two attached hydrogens (primary N) is 1. The van der Waals surface area contributed by atoms with E-state index in [4.69, 9.17) is 17.3 Å². The molecule has 4 nitrogen and oxygen atoms in total. The van der Waals surface area contributed by atoms with Gasteiger partial charge in [-0.05, 0) is 23.6 Å². The van der Waals surface area contributed by atoms with Gasteiger partial charge < -0.3 is 10.6 Å². The number of nitrogens with zero attached hydrogens (tertiary/aromatic N) is 2. The first-order chi connectivity index (χ1) is 9.67. The lowest BCUT2D eigenvalue weighted by atomic mass is 10.1. The lowest BCUT2D eigenvalue weighted by Gasteiger charge is -2.37. The van der Waals surface area contributed by atoms with E-state index in [1.54, 1.807) is 0 Å². The molecule has 2 heterocycles. The fourth-order valence-electron chi connectivity index (χ4n) is 3.16. The molecule has 2 N–H and O–H groups in total. The normalized spacial score (nSPS) is 23.2. The van der Waals surface area contributed by atoms with Crippen LogP contribution in [0.4, 0.5) is 0 Å². The zero-order valence-electron chi connectivity index (χ0n) is 11.5. The van der Waals surface area contributed by atoms with Crippen molar-refractivity contribution >= 4 is 17.5 Å². The predicted molar refractivity (Wildman–Crippen MR) is 79.4 cm³/mol. The maximum atomic E-state index is 11.7. The van der Waals surface area contributed by atoms with Crippen molar-refractivity contribution in [3.05, 3.63) is 34.3 Å². The number of carbonyl (C=O) groups is 1. The van der Waals surface area contributed by atoms with Gasteiger partial charge in [-0.25, -0.2) is 0 Å². The van der Waals surface area contributed by atoms with Crippen LogP contribution in [0.15, 0.2) is 18.2 Å². The van der Waals surface area contributed by atoms with Crippen LogP contribution in [-0.2, 0) is 17.9 Å². The number of benzene rings is 1. The number of fused-ring (bicyclic) bond motifs is 1. The molecule has 20 heavy (non-hydrogen) atoms. The fourth-order valence-corrected chi connectivity index (χ4v) is 3.42. The first-order valence-corrected chi connectivity index (χ1v) is 7.54. The van der Waals surface area contributed by atoms with Crippen LogP contribution in [0.25, 0.3) is 0 Å². The van der Waals surface area contributed by atoms with Gasteiger partial charge in [-0.1, -0.05) is 23.7 Å². The molecule has 2 saturated heterocycles. The van der Waals surface area contributed by atoms with Crippen LogP contribution in [0.5, 0.6) is 0 Å². The zero-order valence-corrected chi connectivity index (χ0v) is 12.3. The standard InChI is InChI=1S/C15H20ClN3O/c16-14-7-11(8-17)1-2-12(14)9-18-5-6-19-13(10-18)3-4-15(19)20/h1-2,7,13H,3-6,8-10,17H2. The summed E-state index contributed by atoms with van der Waals surface area (Å²) in [4.78, 5) is 16.1. The molecule has 0 aromatic heterocycles. The second-order valence-corrected chi connectivity index (χ2v) is 6.05. The Balaban J connectivity index is 1.65. The molecule has 2 aliphatic heterocycles. The SMILES string of the molecule is NCc1ccc(CN2CCN3C(=O)CCC3C2)c(Cl)c1. The third-order valence-corrected chi connectivity index (χ3v) is 4.68. The minimum Gasteiger partial charge on any atom is -0.337 e. The molecule has 1 amide bonds. The van der Waals surface area contributed by atoms with E-state index in [9.17, 15) is 4.79 Å². The summed E-state index contributed by atoms with van der Waals surface area (Å²) in [6.45, 7) is 4.10. The van der Waals surface area contributed by atoms with Crippen LogP contribution in [0.2, 0.25) is 5.02 Å². The Morgan fingerprint density at radius 2 is 2.20 bits per heavy atom. The third-order valence-electron chi connectivity index (χ3n) is 4.33. The summed E-state index contributed by atoms with van der Waals surface area (Å²) < 4.78 is 0. The maximum Gasteiger partial charge on any atom is 0.222 e. The molecule has 0 spiro atoms. The van der Waals surface area contributed by atoms with Gasteiger partial charge in [0.1, 0.15) is 0 Å². The van der Waals surface area contributed by atoms with Gasteiger partial charge in [-0.15, -0.1) is 0 Å². The summed E-state index contributed by atoms with van der Waals surface area (Å²) in [5.74, 6) is 0.319.